The van der Waals surface area contributed by atoms with Crippen molar-refractivity contribution in [3.63, 3.8) is 0 Å². The monoisotopic (exact) mass is 364 g/mol. The van der Waals surface area contributed by atoms with E-state index in [2.05, 4.69) is 26.0 Å². The van der Waals surface area contributed by atoms with Crippen LogP contribution in [0.25, 0.3) is 0 Å². The van der Waals surface area contributed by atoms with Crippen molar-refractivity contribution >= 4 is 33.0 Å². The molecule has 3 nitrogen and oxygen atoms in total. The summed E-state index contributed by atoms with van der Waals surface area (Å²) < 4.78 is 54.7. The molecular weight excluding hydrogens is 356 g/mol. The van der Waals surface area contributed by atoms with E-state index in [-0.39, 0.29) is 17.1 Å². The van der Waals surface area contributed by atoms with Gasteiger partial charge in [0, 0.05) is 15.8 Å². The molecule has 0 heterocycles. The molecule has 2 rings (SSSR count). The first-order chi connectivity index (χ1) is 9.73. The summed E-state index contributed by atoms with van der Waals surface area (Å²) in [5.41, 5.74) is 5.86. The first-order valence-electron chi connectivity index (χ1n) is 5.61. The summed E-state index contributed by atoms with van der Waals surface area (Å²) in [4.78, 5) is 0. The second kappa shape index (κ2) is 5.80. The summed E-state index contributed by atoms with van der Waals surface area (Å²) >= 11 is 3.06. The smallest absolute Gasteiger partial charge is 0.404 e. The van der Waals surface area contributed by atoms with Crippen LogP contribution in [0.5, 0.6) is 5.75 Å². The van der Waals surface area contributed by atoms with Crippen LogP contribution in [0.2, 0.25) is 0 Å². The molecule has 0 aliphatic heterocycles. The standard InChI is InChI=1S/C13H9BrF4N2O/c14-7-1-2-11(12(3-7)21-13(16,17)18)20-10-5-8(15)4-9(19)6-10/h1-6,20H,19H2. The number of hydrogen-bond acceptors (Lipinski definition) is 3. The van der Waals surface area contributed by atoms with E-state index in [4.69, 9.17) is 5.73 Å². The molecule has 0 fully saturated rings. The molecule has 3 N–H and O–H groups in total. The number of nitrogens with two attached hydrogens (primary N) is 1. The number of nitrogen functional groups attached to an aromatic ring is 1. The Morgan fingerprint density at radius 2 is 1.81 bits per heavy atom. The minimum atomic E-state index is -4.84. The van der Waals surface area contributed by atoms with E-state index in [0.717, 1.165) is 18.2 Å². The van der Waals surface area contributed by atoms with Gasteiger partial charge in [0.15, 0.2) is 5.75 Å². The van der Waals surface area contributed by atoms with Gasteiger partial charge in [-0.05, 0) is 36.4 Å². The van der Waals surface area contributed by atoms with Crippen molar-refractivity contribution < 1.29 is 22.3 Å². The molecule has 2 aromatic rings. The van der Waals surface area contributed by atoms with E-state index in [0.29, 0.717) is 4.47 Å². The van der Waals surface area contributed by atoms with Crippen molar-refractivity contribution in [2.24, 2.45) is 0 Å². The van der Waals surface area contributed by atoms with Crippen LogP contribution in [0.4, 0.5) is 34.6 Å². The third kappa shape index (κ3) is 4.52. The molecule has 0 aliphatic carbocycles. The van der Waals surface area contributed by atoms with Crippen LogP contribution < -0.4 is 15.8 Å². The lowest BCUT2D eigenvalue weighted by atomic mass is 10.2. The molecule has 0 unspecified atom stereocenters. The van der Waals surface area contributed by atoms with Crippen LogP contribution in [-0.4, -0.2) is 6.36 Å². The molecule has 112 valence electrons. The largest absolute Gasteiger partial charge is 0.573 e. The molecule has 0 spiro atoms. The van der Waals surface area contributed by atoms with Gasteiger partial charge in [-0.25, -0.2) is 4.39 Å². The molecule has 0 amide bonds. The van der Waals surface area contributed by atoms with Crippen LogP contribution in [0, 0.1) is 5.82 Å². The predicted octanol–water partition coefficient (Wildman–Crippen LogP) is 4.81. The highest BCUT2D eigenvalue weighted by atomic mass is 79.9. The van der Waals surface area contributed by atoms with Crippen LogP contribution in [0.15, 0.2) is 40.9 Å². The van der Waals surface area contributed by atoms with Crippen molar-refractivity contribution in [2.75, 3.05) is 11.1 Å². The Balaban J connectivity index is 2.34. The van der Waals surface area contributed by atoms with Gasteiger partial charge < -0.3 is 15.8 Å². The normalized spacial score (nSPS) is 11.3. The molecule has 0 radical (unpaired) electrons. The van der Waals surface area contributed by atoms with E-state index in [1.165, 1.54) is 18.2 Å². The Morgan fingerprint density at radius 3 is 2.43 bits per heavy atom. The summed E-state index contributed by atoms with van der Waals surface area (Å²) in [5.74, 6) is -1.05. The highest BCUT2D eigenvalue weighted by Crippen LogP contribution is 2.35. The third-order valence-electron chi connectivity index (χ3n) is 2.37. The summed E-state index contributed by atoms with van der Waals surface area (Å²) in [6, 6.07) is 7.64. The van der Waals surface area contributed by atoms with Gasteiger partial charge in [-0.15, -0.1) is 13.2 Å². The second-order valence-electron chi connectivity index (χ2n) is 4.09. The first kappa shape index (κ1) is 15.4. The Morgan fingerprint density at radius 1 is 1.10 bits per heavy atom. The maximum Gasteiger partial charge on any atom is 0.573 e. The van der Waals surface area contributed by atoms with E-state index in [1.807, 2.05) is 0 Å². The summed E-state index contributed by atoms with van der Waals surface area (Å²) in [6.45, 7) is 0. The van der Waals surface area contributed by atoms with Gasteiger partial charge >= 0.3 is 6.36 Å². The van der Waals surface area contributed by atoms with E-state index in [9.17, 15) is 17.6 Å². The van der Waals surface area contributed by atoms with E-state index >= 15 is 0 Å². The van der Waals surface area contributed by atoms with Gasteiger partial charge in [0.05, 0.1) is 5.69 Å². The molecule has 0 aromatic heterocycles. The molecule has 0 atom stereocenters. The van der Waals surface area contributed by atoms with Crippen molar-refractivity contribution in [2.45, 2.75) is 6.36 Å². The molecule has 8 heteroatoms. The fraction of sp³-hybridized carbons (Fsp3) is 0.0769. The number of alkyl halides is 3. The number of ether oxygens (including phenoxy) is 1. The average Bonchev–Trinajstić information content (AvgIpc) is 2.29. The van der Waals surface area contributed by atoms with Gasteiger partial charge in [0.2, 0.25) is 0 Å². The Hall–Kier alpha value is -1.96. The van der Waals surface area contributed by atoms with E-state index in [1.54, 1.807) is 0 Å². The quantitative estimate of drug-likeness (QED) is 0.606. The minimum Gasteiger partial charge on any atom is -0.404 e. The maximum atomic E-state index is 13.2. The fourth-order valence-electron chi connectivity index (χ4n) is 1.65. The Labute approximate surface area is 125 Å². The summed E-state index contributed by atoms with van der Waals surface area (Å²) in [7, 11) is 0. The fourth-order valence-corrected chi connectivity index (χ4v) is 1.99. The number of benzene rings is 2. The summed E-state index contributed by atoms with van der Waals surface area (Å²) in [6.07, 6.45) is -4.84. The Kier molecular flexibility index (Phi) is 4.26. The lowest BCUT2D eigenvalue weighted by Crippen LogP contribution is -2.18. The zero-order chi connectivity index (χ0) is 15.6. The topological polar surface area (TPSA) is 47.3 Å². The van der Waals surface area contributed by atoms with Gasteiger partial charge in [-0.1, -0.05) is 15.9 Å². The van der Waals surface area contributed by atoms with Crippen LogP contribution >= 0.6 is 15.9 Å². The predicted molar refractivity (Wildman–Crippen MR) is 74.9 cm³/mol. The molecule has 2 aromatic carbocycles. The number of hydrogen-bond donors (Lipinski definition) is 2. The molecular formula is C13H9BrF4N2O. The molecule has 21 heavy (non-hydrogen) atoms. The van der Waals surface area contributed by atoms with Crippen molar-refractivity contribution in [3.8, 4) is 5.75 Å². The highest BCUT2D eigenvalue weighted by molar-refractivity contribution is 9.10. The van der Waals surface area contributed by atoms with Crippen molar-refractivity contribution in [3.05, 3.63) is 46.7 Å². The molecule has 0 bridgehead atoms. The number of rotatable bonds is 3. The Bertz CT molecular complexity index is 641. The van der Waals surface area contributed by atoms with E-state index < -0.39 is 17.9 Å². The third-order valence-corrected chi connectivity index (χ3v) is 2.86. The van der Waals surface area contributed by atoms with Gasteiger partial charge in [0.1, 0.15) is 5.82 Å². The van der Waals surface area contributed by atoms with Gasteiger partial charge in [-0.3, -0.25) is 0 Å². The van der Waals surface area contributed by atoms with Crippen LogP contribution in [0.1, 0.15) is 0 Å². The highest BCUT2D eigenvalue weighted by Gasteiger charge is 2.32. The molecule has 0 saturated heterocycles. The zero-order valence-corrected chi connectivity index (χ0v) is 11.9. The molecule has 0 saturated carbocycles. The number of nitrogens with one attached hydrogen (secondary N) is 1. The van der Waals surface area contributed by atoms with Crippen molar-refractivity contribution in [1.29, 1.82) is 0 Å². The second-order valence-corrected chi connectivity index (χ2v) is 5.00. The lowest BCUT2D eigenvalue weighted by molar-refractivity contribution is -0.274. The minimum absolute atomic E-state index is 0.0283. The zero-order valence-electron chi connectivity index (χ0n) is 10.3. The SMILES string of the molecule is Nc1cc(F)cc(Nc2ccc(Br)cc2OC(F)(F)F)c1. The number of anilines is 3. The van der Waals surface area contributed by atoms with Gasteiger partial charge in [0.25, 0.3) is 0 Å². The van der Waals surface area contributed by atoms with Gasteiger partial charge in [-0.2, -0.15) is 0 Å². The summed E-state index contributed by atoms with van der Waals surface area (Å²) in [5, 5.41) is 2.64. The van der Waals surface area contributed by atoms with Crippen LogP contribution in [-0.2, 0) is 0 Å². The lowest BCUT2D eigenvalue weighted by Gasteiger charge is -2.15. The van der Waals surface area contributed by atoms with Crippen molar-refractivity contribution in [1.82, 2.24) is 0 Å². The average molecular weight is 365 g/mol. The van der Waals surface area contributed by atoms with Crippen LogP contribution in [0.3, 0.4) is 0 Å². The number of halogens is 5. The molecule has 0 aliphatic rings. The maximum absolute atomic E-state index is 13.2. The first-order valence-corrected chi connectivity index (χ1v) is 6.40.